The monoisotopic (exact) mass is 386 g/mol. The Hall–Kier alpha value is -2.59. The molecule has 29 heavy (non-hydrogen) atoms. The summed E-state index contributed by atoms with van der Waals surface area (Å²) >= 11 is 0. The first-order chi connectivity index (χ1) is 14.2. The van der Waals surface area contributed by atoms with Crippen molar-refractivity contribution in [2.45, 2.75) is 65.2 Å². The summed E-state index contributed by atoms with van der Waals surface area (Å²) in [5.74, 6) is 5.92. The van der Waals surface area contributed by atoms with Gasteiger partial charge in [-0.3, -0.25) is 0 Å². The maximum absolute atomic E-state index is 14.9. The van der Waals surface area contributed by atoms with E-state index in [0.717, 1.165) is 30.2 Å². The summed E-state index contributed by atoms with van der Waals surface area (Å²) in [7, 11) is 0. The van der Waals surface area contributed by atoms with Gasteiger partial charge in [0.1, 0.15) is 5.82 Å². The third-order valence-corrected chi connectivity index (χ3v) is 5.42. The van der Waals surface area contributed by atoms with Crippen LogP contribution in [0.2, 0.25) is 0 Å². The van der Waals surface area contributed by atoms with E-state index in [-0.39, 0.29) is 5.82 Å². The normalized spacial score (nSPS) is 10.7. The molecule has 0 aromatic heterocycles. The average molecular weight is 387 g/mol. The molecule has 0 nitrogen and oxygen atoms in total. The van der Waals surface area contributed by atoms with Gasteiger partial charge in [-0.15, -0.1) is 0 Å². The number of hydrogen-bond acceptors (Lipinski definition) is 0. The molecule has 0 saturated heterocycles. The first kappa shape index (κ1) is 21.1. The Morgan fingerprint density at radius 3 is 2.21 bits per heavy atom. The van der Waals surface area contributed by atoms with Crippen molar-refractivity contribution in [1.82, 2.24) is 0 Å². The Bertz CT molecular complexity index is 986. The van der Waals surface area contributed by atoms with E-state index >= 15 is 0 Å². The van der Waals surface area contributed by atoms with E-state index in [0.29, 0.717) is 10.9 Å². The van der Waals surface area contributed by atoms with Crippen molar-refractivity contribution in [3.63, 3.8) is 0 Å². The van der Waals surface area contributed by atoms with Gasteiger partial charge >= 0.3 is 0 Å². The maximum Gasteiger partial charge on any atom is 0.146 e. The molecule has 3 aromatic rings. The lowest BCUT2D eigenvalue weighted by atomic mass is 10.0. The van der Waals surface area contributed by atoms with E-state index in [4.69, 9.17) is 0 Å². The number of rotatable bonds is 8. The highest BCUT2D eigenvalue weighted by Gasteiger charge is 2.06. The van der Waals surface area contributed by atoms with Crippen LogP contribution >= 0.6 is 0 Å². The molecule has 0 aliphatic rings. The molecule has 0 amide bonds. The van der Waals surface area contributed by atoms with Gasteiger partial charge in [0, 0.05) is 10.9 Å². The molecule has 0 aliphatic carbocycles. The Morgan fingerprint density at radius 2 is 1.45 bits per heavy atom. The Kier molecular flexibility index (Phi) is 7.88. The van der Waals surface area contributed by atoms with Crippen molar-refractivity contribution < 1.29 is 4.39 Å². The third kappa shape index (κ3) is 5.94. The number of unbranched alkanes of at least 4 members (excludes halogenated alkanes) is 4. The molecule has 0 atom stereocenters. The number of fused-ring (bicyclic) bond motifs is 1. The fourth-order valence-corrected chi connectivity index (χ4v) is 3.71. The summed E-state index contributed by atoms with van der Waals surface area (Å²) < 4.78 is 14.9. The molecule has 0 unspecified atom stereocenters. The predicted octanol–water partition coefficient (Wildman–Crippen LogP) is 7.84. The molecule has 0 radical (unpaired) electrons. The first-order valence-corrected chi connectivity index (χ1v) is 11.0. The Labute approximate surface area is 175 Å². The highest BCUT2D eigenvalue weighted by Crippen LogP contribution is 2.23. The number of halogens is 1. The van der Waals surface area contributed by atoms with Crippen molar-refractivity contribution in [1.29, 1.82) is 0 Å². The molecule has 150 valence electrons. The second-order valence-electron chi connectivity index (χ2n) is 7.84. The van der Waals surface area contributed by atoms with Gasteiger partial charge in [-0.2, -0.15) is 0 Å². The quantitative estimate of drug-likeness (QED) is 0.273. The van der Waals surface area contributed by atoms with Crippen molar-refractivity contribution in [3.8, 4) is 11.8 Å². The van der Waals surface area contributed by atoms with Crippen LogP contribution in [0.1, 0.15) is 74.6 Å². The number of benzene rings is 3. The minimum Gasteiger partial charge on any atom is -0.205 e. The van der Waals surface area contributed by atoms with Gasteiger partial charge in [0.25, 0.3) is 0 Å². The van der Waals surface area contributed by atoms with Crippen molar-refractivity contribution >= 4 is 10.8 Å². The summed E-state index contributed by atoms with van der Waals surface area (Å²) in [6.45, 7) is 4.40. The van der Waals surface area contributed by atoms with Crippen LogP contribution in [-0.2, 0) is 12.8 Å². The molecular formula is C28H31F. The number of aryl methyl sites for hydroxylation is 2. The summed E-state index contributed by atoms with van der Waals surface area (Å²) in [6, 6.07) is 18.2. The number of hydrogen-bond donors (Lipinski definition) is 0. The summed E-state index contributed by atoms with van der Waals surface area (Å²) in [4.78, 5) is 0. The van der Waals surface area contributed by atoms with Crippen LogP contribution < -0.4 is 0 Å². The standard InChI is InChI=1S/C28H31F/c1-3-5-6-7-8-10-22-11-13-23(14-12-22)15-17-25-18-19-26-21-24(9-4-2)16-20-27(26)28(25)29/h11-14,16,18-21H,3-10H2,1-2H3. The molecule has 0 spiro atoms. The fourth-order valence-electron chi connectivity index (χ4n) is 3.71. The zero-order chi connectivity index (χ0) is 20.5. The Morgan fingerprint density at radius 1 is 0.690 bits per heavy atom. The molecule has 0 saturated carbocycles. The van der Waals surface area contributed by atoms with E-state index in [9.17, 15) is 4.39 Å². The Balaban J connectivity index is 1.68. The molecule has 1 heteroatoms. The van der Waals surface area contributed by atoms with Gasteiger partial charge in [-0.25, -0.2) is 4.39 Å². The molecule has 0 fully saturated rings. The summed E-state index contributed by atoms with van der Waals surface area (Å²) in [5.41, 5.74) is 3.99. The van der Waals surface area contributed by atoms with Gasteiger partial charge < -0.3 is 0 Å². The highest BCUT2D eigenvalue weighted by molar-refractivity contribution is 5.85. The van der Waals surface area contributed by atoms with E-state index < -0.39 is 0 Å². The van der Waals surface area contributed by atoms with Crippen LogP contribution in [0.15, 0.2) is 54.6 Å². The van der Waals surface area contributed by atoms with E-state index in [1.165, 1.54) is 43.2 Å². The van der Waals surface area contributed by atoms with Crippen molar-refractivity contribution in [2.75, 3.05) is 0 Å². The van der Waals surface area contributed by atoms with Gasteiger partial charge in [0.15, 0.2) is 0 Å². The smallest absolute Gasteiger partial charge is 0.146 e. The van der Waals surface area contributed by atoms with Crippen molar-refractivity contribution in [2.24, 2.45) is 0 Å². The molecule has 0 heterocycles. The summed E-state index contributed by atoms with van der Waals surface area (Å²) in [6.07, 6.45) is 9.73. The van der Waals surface area contributed by atoms with Gasteiger partial charge in [0.05, 0.1) is 5.56 Å². The minimum atomic E-state index is -0.221. The van der Waals surface area contributed by atoms with Gasteiger partial charge in [0.2, 0.25) is 0 Å². The first-order valence-electron chi connectivity index (χ1n) is 11.0. The van der Waals surface area contributed by atoms with Crippen LogP contribution in [0.4, 0.5) is 4.39 Å². The maximum atomic E-state index is 14.9. The lowest BCUT2D eigenvalue weighted by molar-refractivity contribution is 0.632. The average Bonchev–Trinajstić information content (AvgIpc) is 2.74. The van der Waals surface area contributed by atoms with Crippen LogP contribution in [0.5, 0.6) is 0 Å². The largest absolute Gasteiger partial charge is 0.205 e. The summed E-state index contributed by atoms with van der Waals surface area (Å²) in [5, 5.41) is 1.59. The van der Waals surface area contributed by atoms with Crippen LogP contribution in [-0.4, -0.2) is 0 Å². The van der Waals surface area contributed by atoms with Crippen LogP contribution in [0, 0.1) is 17.7 Å². The molecule has 0 bridgehead atoms. The zero-order valence-electron chi connectivity index (χ0n) is 17.7. The molecule has 0 N–H and O–H groups in total. The lowest BCUT2D eigenvalue weighted by Crippen LogP contribution is -1.89. The minimum absolute atomic E-state index is 0.221. The van der Waals surface area contributed by atoms with E-state index in [1.807, 2.05) is 30.3 Å². The van der Waals surface area contributed by atoms with E-state index in [2.05, 4.69) is 43.9 Å². The van der Waals surface area contributed by atoms with Gasteiger partial charge in [-0.05, 0) is 54.0 Å². The lowest BCUT2D eigenvalue weighted by Gasteiger charge is -2.05. The topological polar surface area (TPSA) is 0 Å². The van der Waals surface area contributed by atoms with E-state index in [1.54, 1.807) is 6.07 Å². The van der Waals surface area contributed by atoms with Crippen molar-refractivity contribution in [3.05, 3.63) is 82.7 Å². The van der Waals surface area contributed by atoms with Crippen LogP contribution in [0.3, 0.4) is 0 Å². The fraction of sp³-hybridized carbons (Fsp3) is 0.357. The second kappa shape index (κ2) is 10.8. The second-order valence-corrected chi connectivity index (χ2v) is 7.84. The highest BCUT2D eigenvalue weighted by atomic mass is 19.1. The molecule has 3 aromatic carbocycles. The van der Waals surface area contributed by atoms with Gasteiger partial charge in [-0.1, -0.05) is 94.2 Å². The molecule has 3 rings (SSSR count). The zero-order valence-corrected chi connectivity index (χ0v) is 17.7. The third-order valence-electron chi connectivity index (χ3n) is 5.42. The molecular weight excluding hydrogens is 355 g/mol. The SMILES string of the molecule is CCCCCCCc1ccc(C#Cc2ccc3cc(CCC)ccc3c2F)cc1. The molecule has 0 aliphatic heterocycles. The van der Waals surface area contributed by atoms with Crippen LogP contribution in [0.25, 0.3) is 10.8 Å². The predicted molar refractivity (Wildman–Crippen MR) is 123 cm³/mol.